The lowest BCUT2D eigenvalue weighted by Gasteiger charge is -2.54. The number of aromatic nitrogens is 1. The van der Waals surface area contributed by atoms with Gasteiger partial charge in [-0.05, 0) is 64.0 Å². The number of hydrogen-bond donors (Lipinski definition) is 1. The summed E-state index contributed by atoms with van der Waals surface area (Å²) < 4.78 is 6.08. The van der Waals surface area contributed by atoms with Gasteiger partial charge in [0.15, 0.2) is 0 Å². The van der Waals surface area contributed by atoms with Crippen LogP contribution >= 0.6 is 0 Å². The Morgan fingerprint density at radius 2 is 2.07 bits per heavy atom. The lowest BCUT2D eigenvalue weighted by Crippen LogP contribution is -2.65. The molecule has 1 aliphatic heterocycles. The molecule has 4 rings (SSSR count). The largest absolute Gasteiger partial charge is 0.373 e. The fraction of sp³-hybridized carbons (Fsp3) is 0.696. The molecule has 2 aliphatic carbocycles. The van der Waals surface area contributed by atoms with Crippen molar-refractivity contribution in [2.24, 2.45) is 11.8 Å². The van der Waals surface area contributed by atoms with Crippen molar-refractivity contribution in [3.05, 3.63) is 29.6 Å². The van der Waals surface area contributed by atoms with E-state index in [4.69, 9.17) is 4.74 Å². The van der Waals surface area contributed by atoms with Crippen molar-refractivity contribution in [2.45, 2.75) is 77.0 Å². The molecule has 2 heterocycles. The number of hydrogen-bond acceptors (Lipinski definition) is 4. The zero-order chi connectivity index (χ0) is 20.8. The van der Waals surface area contributed by atoms with Crippen LogP contribution in [0.2, 0.25) is 0 Å². The van der Waals surface area contributed by atoms with E-state index in [-0.39, 0.29) is 35.8 Å². The molecule has 0 aromatic carbocycles. The Hall–Kier alpha value is -1.95. The normalized spacial score (nSPS) is 28.0. The molecule has 6 nitrogen and oxygen atoms in total. The number of carbonyl (C=O) groups is 2. The van der Waals surface area contributed by atoms with Crippen LogP contribution < -0.4 is 5.32 Å². The van der Waals surface area contributed by atoms with E-state index in [1.54, 1.807) is 0 Å². The minimum atomic E-state index is -0.513. The Labute approximate surface area is 173 Å². The molecular formula is C23H33N3O3. The van der Waals surface area contributed by atoms with Crippen molar-refractivity contribution in [1.82, 2.24) is 15.2 Å². The smallest absolute Gasteiger partial charge is 0.226 e. The third-order valence-corrected chi connectivity index (χ3v) is 7.02. The summed E-state index contributed by atoms with van der Waals surface area (Å²) in [5.41, 5.74) is 1.29. The minimum Gasteiger partial charge on any atom is -0.373 e. The Kier molecular flexibility index (Phi) is 5.18. The number of aryl methyl sites for hydroxylation is 1. The average molecular weight is 400 g/mol. The van der Waals surface area contributed by atoms with Gasteiger partial charge in [-0.15, -0.1) is 0 Å². The first-order chi connectivity index (χ1) is 13.7. The summed E-state index contributed by atoms with van der Waals surface area (Å²) in [5, 5.41) is 3.11. The zero-order valence-corrected chi connectivity index (χ0v) is 18.0. The van der Waals surface area contributed by atoms with Crippen LogP contribution in [0.3, 0.4) is 0 Å². The third-order valence-electron chi connectivity index (χ3n) is 7.02. The first-order valence-corrected chi connectivity index (χ1v) is 10.9. The molecule has 29 heavy (non-hydrogen) atoms. The standard InChI is InChI=1S/C23H33N3O3/c1-15-10-19(15)21(28)26-13-18(29-14-23(26)8-5-9-23)11-20(27)25-22(3,4)17-7-6-16(2)24-12-17/h6-7,12,15,18-19H,5,8-11,13-14H2,1-4H3,(H,25,27)/t15-,18?,19-/m1/s1. The van der Waals surface area contributed by atoms with Gasteiger partial charge >= 0.3 is 0 Å². The van der Waals surface area contributed by atoms with Crippen molar-refractivity contribution in [1.29, 1.82) is 0 Å². The van der Waals surface area contributed by atoms with E-state index in [1.807, 2.05) is 39.1 Å². The summed E-state index contributed by atoms with van der Waals surface area (Å²) in [4.78, 5) is 32.2. The summed E-state index contributed by atoms with van der Waals surface area (Å²) in [6.07, 6.45) is 6.02. The second-order valence-corrected chi connectivity index (χ2v) is 9.84. The van der Waals surface area contributed by atoms with Crippen LogP contribution in [0.5, 0.6) is 0 Å². The number of nitrogens with zero attached hydrogens (tertiary/aromatic N) is 2. The van der Waals surface area contributed by atoms with Gasteiger partial charge in [-0.25, -0.2) is 0 Å². The molecule has 0 radical (unpaired) electrons. The molecule has 6 heteroatoms. The molecule has 1 aromatic heterocycles. The number of rotatable bonds is 5. The van der Waals surface area contributed by atoms with Crippen LogP contribution in [0.1, 0.15) is 64.1 Å². The van der Waals surface area contributed by atoms with Gasteiger partial charge in [0, 0.05) is 24.4 Å². The highest BCUT2D eigenvalue weighted by molar-refractivity contribution is 5.83. The van der Waals surface area contributed by atoms with Crippen molar-refractivity contribution >= 4 is 11.8 Å². The lowest BCUT2D eigenvalue weighted by molar-refractivity contribution is -0.174. The van der Waals surface area contributed by atoms with Gasteiger partial charge in [0.25, 0.3) is 0 Å². The molecule has 3 atom stereocenters. The van der Waals surface area contributed by atoms with Gasteiger partial charge in [-0.3, -0.25) is 14.6 Å². The van der Waals surface area contributed by atoms with Crippen molar-refractivity contribution < 1.29 is 14.3 Å². The summed E-state index contributed by atoms with van der Waals surface area (Å²) in [5.74, 6) is 0.885. The number of nitrogens with one attached hydrogen (secondary N) is 1. The van der Waals surface area contributed by atoms with Gasteiger partial charge in [-0.2, -0.15) is 0 Å². The third kappa shape index (κ3) is 4.04. The highest BCUT2D eigenvalue weighted by atomic mass is 16.5. The van der Waals surface area contributed by atoms with Gasteiger partial charge in [0.1, 0.15) is 0 Å². The molecule has 1 saturated heterocycles. The predicted octanol–water partition coefficient (Wildman–Crippen LogP) is 2.94. The van der Waals surface area contributed by atoms with E-state index in [0.29, 0.717) is 19.1 Å². The SMILES string of the molecule is Cc1ccc(C(C)(C)NC(=O)CC2CN(C(=O)[C@@H]3C[C@H]3C)C3(CCC3)CO2)cn1. The van der Waals surface area contributed by atoms with Crippen LogP contribution in [0.4, 0.5) is 0 Å². The minimum absolute atomic E-state index is 0.0580. The fourth-order valence-corrected chi connectivity index (χ4v) is 4.63. The monoisotopic (exact) mass is 399 g/mol. The van der Waals surface area contributed by atoms with Gasteiger partial charge in [-0.1, -0.05) is 13.0 Å². The molecule has 1 N–H and O–H groups in total. The number of pyridine rings is 1. The molecule has 0 bridgehead atoms. The van der Waals surface area contributed by atoms with Crippen LogP contribution in [-0.2, 0) is 19.9 Å². The van der Waals surface area contributed by atoms with E-state index >= 15 is 0 Å². The maximum Gasteiger partial charge on any atom is 0.226 e. The quantitative estimate of drug-likeness (QED) is 0.826. The molecule has 3 aliphatic rings. The average Bonchev–Trinajstić information content (AvgIpc) is 3.36. The van der Waals surface area contributed by atoms with Crippen LogP contribution in [-0.4, -0.2) is 46.5 Å². The van der Waals surface area contributed by atoms with Gasteiger partial charge < -0.3 is 15.0 Å². The Morgan fingerprint density at radius 1 is 1.34 bits per heavy atom. The number of carbonyl (C=O) groups excluding carboxylic acids is 2. The van der Waals surface area contributed by atoms with Crippen molar-refractivity contribution in [2.75, 3.05) is 13.2 Å². The first kappa shape index (κ1) is 20.3. The molecule has 1 aromatic rings. The van der Waals surface area contributed by atoms with Gasteiger partial charge in [0.05, 0.1) is 30.2 Å². The van der Waals surface area contributed by atoms with Crippen molar-refractivity contribution in [3.8, 4) is 0 Å². The second-order valence-electron chi connectivity index (χ2n) is 9.84. The van der Waals surface area contributed by atoms with E-state index in [0.717, 1.165) is 36.9 Å². The molecule has 1 unspecified atom stereocenters. The number of ether oxygens (including phenoxy) is 1. The van der Waals surface area contributed by atoms with E-state index in [9.17, 15) is 9.59 Å². The van der Waals surface area contributed by atoms with Gasteiger partial charge in [0.2, 0.25) is 11.8 Å². The van der Waals surface area contributed by atoms with E-state index in [1.165, 1.54) is 0 Å². The molecule has 158 valence electrons. The molecule has 3 fully saturated rings. The van der Waals surface area contributed by atoms with E-state index < -0.39 is 5.54 Å². The molecule has 2 amide bonds. The Morgan fingerprint density at radius 3 is 2.62 bits per heavy atom. The van der Waals surface area contributed by atoms with Crippen LogP contribution in [0.15, 0.2) is 18.3 Å². The molecular weight excluding hydrogens is 366 g/mol. The van der Waals surface area contributed by atoms with Crippen molar-refractivity contribution in [3.63, 3.8) is 0 Å². The fourth-order valence-electron chi connectivity index (χ4n) is 4.63. The second kappa shape index (κ2) is 7.38. The maximum absolute atomic E-state index is 13.0. The molecule has 1 spiro atoms. The highest BCUT2D eigenvalue weighted by Gasteiger charge is 2.53. The predicted molar refractivity (Wildman–Crippen MR) is 110 cm³/mol. The highest BCUT2D eigenvalue weighted by Crippen LogP contribution is 2.46. The lowest BCUT2D eigenvalue weighted by atomic mass is 9.74. The maximum atomic E-state index is 13.0. The zero-order valence-electron chi connectivity index (χ0n) is 18.0. The Bertz CT molecular complexity index is 785. The van der Waals surface area contributed by atoms with Crippen LogP contribution in [0.25, 0.3) is 0 Å². The van der Waals surface area contributed by atoms with E-state index in [2.05, 4.69) is 22.1 Å². The topological polar surface area (TPSA) is 71.5 Å². The number of morpholine rings is 1. The summed E-state index contributed by atoms with van der Waals surface area (Å²) >= 11 is 0. The van der Waals surface area contributed by atoms with Crippen LogP contribution in [0, 0.1) is 18.8 Å². The first-order valence-electron chi connectivity index (χ1n) is 10.9. The summed E-state index contributed by atoms with van der Waals surface area (Å²) in [6, 6.07) is 3.95. The molecule has 2 saturated carbocycles. The summed E-state index contributed by atoms with van der Waals surface area (Å²) in [6.45, 7) is 9.13. The number of amides is 2. The summed E-state index contributed by atoms with van der Waals surface area (Å²) in [7, 11) is 0. The Balaban J connectivity index is 1.38.